The molecule has 6 nitrogen and oxygen atoms in total. The topological polar surface area (TPSA) is 92.5 Å². The van der Waals surface area contributed by atoms with E-state index in [0.717, 1.165) is 0 Å². The molecule has 0 aliphatic carbocycles. The molecule has 0 aromatic heterocycles. The van der Waals surface area contributed by atoms with Gasteiger partial charge in [-0.15, -0.1) is 0 Å². The average Bonchev–Trinajstić information content (AvgIpc) is 2.41. The Balaban J connectivity index is 5.08. The molecule has 122 valence electrons. The average molecular weight is 299 g/mol. The second-order valence-corrected chi connectivity index (χ2v) is 6.30. The molecule has 2 amide bonds. The lowest BCUT2D eigenvalue weighted by Crippen LogP contribution is -2.55. The highest BCUT2D eigenvalue weighted by Gasteiger charge is 2.31. The van der Waals surface area contributed by atoms with Gasteiger partial charge >= 0.3 is 0 Å². The van der Waals surface area contributed by atoms with E-state index < -0.39 is 18.1 Å². The summed E-state index contributed by atoms with van der Waals surface area (Å²) in [7, 11) is 1.59. The summed E-state index contributed by atoms with van der Waals surface area (Å²) in [6.07, 6.45) is 1.18. The molecule has 0 spiro atoms. The van der Waals surface area contributed by atoms with Crippen molar-refractivity contribution < 1.29 is 14.4 Å². The summed E-state index contributed by atoms with van der Waals surface area (Å²) in [6, 6.07) is -1.83. The van der Waals surface area contributed by atoms with Gasteiger partial charge in [0.05, 0.1) is 12.1 Å². The van der Waals surface area contributed by atoms with Gasteiger partial charge < -0.3 is 20.7 Å². The number of amides is 2. The number of nitrogens with two attached hydrogens (primary N) is 1. The zero-order valence-electron chi connectivity index (χ0n) is 13.9. The maximum absolute atomic E-state index is 12.3. The molecule has 0 saturated carbocycles. The van der Waals surface area contributed by atoms with E-state index >= 15 is 0 Å². The number of nitrogens with one attached hydrogen (secondary N) is 1. The summed E-state index contributed by atoms with van der Waals surface area (Å²) >= 11 is 0. The molecule has 0 heterocycles. The van der Waals surface area contributed by atoms with Gasteiger partial charge in [0.1, 0.15) is 12.3 Å². The molecule has 0 rings (SSSR count). The molecule has 21 heavy (non-hydrogen) atoms. The molecule has 0 aromatic carbocycles. The monoisotopic (exact) mass is 299 g/mol. The van der Waals surface area contributed by atoms with Crippen molar-refractivity contribution in [2.45, 2.75) is 59.2 Å². The number of hydrogen-bond acceptors (Lipinski definition) is 4. The first-order valence-corrected chi connectivity index (χ1v) is 7.39. The van der Waals surface area contributed by atoms with E-state index in [0.29, 0.717) is 12.7 Å². The summed E-state index contributed by atoms with van der Waals surface area (Å²) in [4.78, 5) is 36.7. The zero-order valence-corrected chi connectivity index (χ0v) is 13.9. The predicted octanol–water partition coefficient (Wildman–Crippen LogP) is 0.546. The van der Waals surface area contributed by atoms with Crippen LogP contribution in [-0.2, 0) is 14.4 Å². The van der Waals surface area contributed by atoms with E-state index in [4.69, 9.17) is 5.73 Å². The van der Waals surface area contributed by atoms with Gasteiger partial charge in [0.2, 0.25) is 11.8 Å². The van der Waals surface area contributed by atoms with E-state index in [1.165, 1.54) is 4.90 Å². The lowest BCUT2D eigenvalue weighted by atomic mass is 9.99. The Morgan fingerprint density at radius 3 is 2.10 bits per heavy atom. The van der Waals surface area contributed by atoms with Crippen LogP contribution in [0.1, 0.15) is 41.0 Å². The second kappa shape index (κ2) is 8.77. The van der Waals surface area contributed by atoms with Crippen LogP contribution in [0.5, 0.6) is 0 Å². The van der Waals surface area contributed by atoms with Gasteiger partial charge in [-0.2, -0.15) is 0 Å². The molecule has 0 radical (unpaired) electrons. The van der Waals surface area contributed by atoms with Crippen LogP contribution in [0.2, 0.25) is 0 Å². The number of hydrogen-bond donors (Lipinski definition) is 2. The summed E-state index contributed by atoms with van der Waals surface area (Å²) in [5.74, 6) is -0.353. The second-order valence-electron chi connectivity index (χ2n) is 6.30. The molecule has 0 bridgehead atoms. The predicted molar refractivity (Wildman–Crippen MR) is 82.5 cm³/mol. The third-order valence-electron chi connectivity index (χ3n) is 3.39. The van der Waals surface area contributed by atoms with Gasteiger partial charge in [-0.05, 0) is 25.2 Å². The van der Waals surface area contributed by atoms with E-state index in [1.807, 2.05) is 27.7 Å². The lowest BCUT2D eigenvalue weighted by Gasteiger charge is -2.31. The van der Waals surface area contributed by atoms with Crippen LogP contribution in [0, 0.1) is 11.8 Å². The van der Waals surface area contributed by atoms with Crippen molar-refractivity contribution in [1.82, 2.24) is 10.2 Å². The fraction of sp³-hybridized carbons (Fsp3) is 0.800. The first-order valence-electron chi connectivity index (χ1n) is 7.39. The fourth-order valence-electron chi connectivity index (χ4n) is 1.92. The van der Waals surface area contributed by atoms with Gasteiger partial charge in [-0.3, -0.25) is 9.59 Å². The Bertz CT molecular complexity index is 369. The van der Waals surface area contributed by atoms with Crippen LogP contribution in [0.25, 0.3) is 0 Å². The molecule has 0 aromatic rings. The molecule has 3 atom stereocenters. The Morgan fingerprint density at radius 1 is 1.19 bits per heavy atom. The van der Waals surface area contributed by atoms with Crippen molar-refractivity contribution >= 4 is 18.1 Å². The third-order valence-corrected chi connectivity index (χ3v) is 3.39. The highest BCUT2D eigenvalue weighted by Crippen LogP contribution is 2.13. The van der Waals surface area contributed by atoms with Gasteiger partial charge in [0.15, 0.2) is 0 Å². The molecular weight excluding hydrogens is 270 g/mol. The standard InChI is InChI=1S/C15H29N3O3/c1-9(2)7-12(14(20)17-11(5)8-19)18(6)15(21)13(16)10(3)4/h8-13H,7,16H2,1-6H3,(H,17,20)/t11-,12-,13-/m0/s1. The number of aldehydes is 1. The minimum atomic E-state index is -0.638. The molecule has 6 heteroatoms. The van der Waals surface area contributed by atoms with Crippen LogP contribution in [0.15, 0.2) is 0 Å². The quantitative estimate of drug-likeness (QED) is 0.640. The SMILES string of the molecule is CC(C)C[C@@H](C(=O)N[C@@H](C)C=O)N(C)C(=O)[C@@H](N)C(C)C. The highest BCUT2D eigenvalue weighted by atomic mass is 16.2. The lowest BCUT2D eigenvalue weighted by molar-refractivity contribution is -0.141. The van der Waals surface area contributed by atoms with Gasteiger partial charge in [-0.1, -0.05) is 27.7 Å². The first kappa shape index (κ1) is 19.6. The Labute approximate surface area is 127 Å². The van der Waals surface area contributed by atoms with E-state index in [9.17, 15) is 14.4 Å². The molecule has 0 saturated heterocycles. The van der Waals surface area contributed by atoms with Crippen LogP contribution >= 0.6 is 0 Å². The van der Waals surface area contributed by atoms with Crippen molar-refractivity contribution in [3.8, 4) is 0 Å². The third kappa shape index (κ3) is 6.25. The minimum absolute atomic E-state index is 0.00314. The normalized spacial score (nSPS) is 15.5. The number of nitrogens with zero attached hydrogens (tertiary/aromatic N) is 1. The number of rotatable bonds is 8. The van der Waals surface area contributed by atoms with Crippen molar-refractivity contribution in [1.29, 1.82) is 0 Å². The van der Waals surface area contributed by atoms with Gasteiger partial charge in [0, 0.05) is 7.05 Å². The Hall–Kier alpha value is -1.43. The van der Waals surface area contributed by atoms with Crippen LogP contribution in [-0.4, -0.2) is 48.2 Å². The summed E-state index contributed by atoms with van der Waals surface area (Å²) in [5, 5.41) is 2.60. The number of likely N-dealkylation sites (N-methyl/N-ethyl adjacent to an activating group) is 1. The first-order chi connectivity index (χ1) is 9.61. The summed E-state index contributed by atoms with van der Waals surface area (Å²) in [5.41, 5.74) is 5.88. The van der Waals surface area contributed by atoms with E-state index in [2.05, 4.69) is 5.32 Å². The van der Waals surface area contributed by atoms with Crippen LogP contribution < -0.4 is 11.1 Å². The van der Waals surface area contributed by atoms with Gasteiger partial charge in [0.25, 0.3) is 0 Å². The van der Waals surface area contributed by atoms with Crippen molar-refractivity contribution in [2.75, 3.05) is 7.05 Å². The fourth-order valence-corrected chi connectivity index (χ4v) is 1.92. The summed E-state index contributed by atoms with van der Waals surface area (Å²) in [6.45, 7) is 9.28. The Kier molecular flexibility index (Phi) is 8.17. The van der Waals surface area contributed by atoms with Gasteiger partial charge in [-0.25, -0.2) is 0 Å². The molecule has 3 N–H and O–H groups in total. The smallest absolute Gasteiger partial charge is 0.243 e. The number of carbonyl (C=O) groups excluding carboxylic acids is 3. The van der Waals surface area contributed by atoms with Crippen molar-refractivity contribution in [3.63, 3.8) is 0 Å². The molecule has 0 aliphatic heterocycles. The largest absolute Gasteiger partial charge is 0.345 e. The maximum atomic E-state index is 12.3. The molecule has 0 fully saturated rings. The maximum Gasteiger partial charge on any atom is 0.243 e. The van der Waals surface area contributed by atoms with E-state index in [1.54, 1.807) is 14.0 Å². The molecule has 0 aliphatic rings. The number of carbonyl (C=O) groups is 3. The minimum Gasteiger partial charge on any atom is -0.345 e. The van der Waals surface area contributed by atoms with Crippen LogP contribution in [0.3, 0.4) is 0 Å². The van der Waals surface area contributed by atoms with Crippen LogP contribution in [0.4, 0.5) is 0 Å². The Morgan fingerprint density at radius 2 is 1.71 bits per heavy atom. The highest BCUT2D eigenvalue weighted by molar-refractivity contribution is 5.90. The summed E-state index contributed by atoms with van der Waals surface area (Å²) < 4.78 is 0. The van der Waals surface area contributed by atoms with Crippen molar-refractivity contribution in [2.24, 2.45) is 17.6 Å². The molecule has 0 unspecified atom stereocenters. The van der Waals surface area contributed by atoms with Crippen molar-refractivity contribution in [3.05, 3.63) is 0 Å². The molecular formula is C15H29N3O3. The van der Waals surface area contributed by atoms with E-state index in [-0.39, 0.29) is 23.7 Å². The zero-order chi connectivity index (χ0) is 16.7.